The third-order valence-electron chi connectivity index (χ3n) is 3.68. The minimum absolute atomic E-state index is 0.133. The van der Waals surface area contributed by atoms with Gasteiger partial charge in [0.1, 0.15) is 17.6 Å². The Morgan fingerprint density at radius 2 is 2.19 bits per heavy atom. The number of nitriles is 1. The Morgan fingerprint density at radius 1 is 1.43 bits per heavy atom. The summed E-state index contributed by atoms with van der Waals surface area (Å²) in [7, 11) is 0. The van der Waals surface area contributed by atoms with Crippen molar-refractivity contribution in [2.45, 2.75) is 25.4 Å². The summed E-state index contributed by atoms with van der Waals surface area (Å²) in [5.74, 6) is 0.473. The van der Waals surface area contributed by atoms with E-state index < -0.39 is 11.9 Å². The molecule has 1 aromatic heterocycles. The Balaban J connectivity index is 2.30. The Kier molecular flexibility index (Phi) is 4.68. The molecule has 0 bridgehead atoms. The first-order chi connectivity index (χ1) is 9.95. The monoisotopic (exact) mass is 298 g/mol. The van der Waals surface area contributed by atoms with Gasteiger partial charge in [-0.1, -0.05) is 0 Å². The first kappa shape index (κ1) is 15.6. The van der Waals surface area contributed by atoms with Crippen LogP contribution in [0, 0.1) is 17.2 Å². The summed E-state index contributed by atoms with van der Waals surface area (Å²) in [4.78, 5) is 5.46. The highest BCUT2D eigenvalue weighted by molar-refractivity contribution is 5.54. The summed E-state index contributed by atoms with van der Waals surface area (Å²) in [6.07, 6.45) is -1.80. The Hall–Kier alpha value is -1.81. The van der Waals surface area contributed by atoms with E-state index >= 15 is 0 Å². The minimum atomic E-state index is -4.50. The molecule has 1 unspecified atom stereocenters. The number of nitrogens with two attached hydrogens (primary N) is 1. The van der Waals surface area contributed by atoms with Gasteiger partial charge in [0.25, 0.3) is 0 Å². The van der Waals surface area contributed by atoms with Crippen molar-refractivity contribution in [1.29, 1.82) is 5.26 Å². The number of aromatic nitrogens is 1. The van der Waals surface area contributed by atoms with Crippen LogP contribution in [0.3, 0.4) is 0 Å². The van der Waals surface area contributed by atoms with Crippen molar-refractivity contribution < 1.29 is 13.2 Å². The summed E-state index contributed by atoms with van der Waals surface area (Å²) >= 11 is 0. The molecular formula is C14H17F3N4. The zero-order valence-electron chi connectivity index (χ0n) is 11.5. The van der Waals surface area contributed by atoms with Crippen LogP contribution in [0.1, 0.15) is 30.5 Å². The first-order valence-electron chi connectivity index (χ1n) is 6.89. The highest BCUT2D eigenvalue weighted by Crippen LogP contribution is 2.32. The maximum atomic E-state index is 12.8. The van der Waals surface area contributed by atoms with Crippen LogP contribution >= 0.6 is 0 Å². The summed E-state index contributed by atoms with van der Waals surface area (Å²) in [5, 5.41) is 9.09. The second kappa shape index (κ2) is 6.31. The van der Waals surface area contributed by atoms with Gasteiger partial charge in [0, 0.05) is 13.1 Å². The fourth-order valence-corrected chi connectivity index (χ4v) is 2.66. The van der Waals surface area contributed by atoms with Crippen molar-refractivity contribution >= 4 is 5.82 Å². The van der Waals surface area contributed by atoms with E-state index in [1.54, 1.807) is 4.90 Å². The number of rotatable bonds is 3. The van der Waals surface area contributed by atoms with Crippen LogP contribution in [0.5, 0.6) is 0 Å². The summed E-state index contributed by atoms with van der Waals surface area (Å²) in [6.45, 7) is 1.77. The maximum Gasteiger partial charge on any atom is 0.433 e. The van der Waals surface area contributed by atoms with Gasteiger partial charge in [-0.2, -0.15) is 18.4 Å². The van der Waals surface area contributed by atoms with Crippen molar-refractivity contribution in [3.8, 4) is 6.07 Å². The van der Waals surface area contributed by atoms with Gasteiger partial charge in [-0.3, -0.25) is 0 Å². The van der Waals surface area contributed by atoms with Crippen LogP contribution in [0.25, 0.3) is 0 Å². The van der Waals surface area contributed by atoms with Crippen LogP contribution in [0.2, 0.25) is 0 Å². The molecule has 0 saturated carbocycles. The molecule has 2 heterocycles. The smallest absolute Gasteiger partial charge is 0.355 e. The number of halogens is 3. The molecule has 1 fully saturated rings. The van der Waals surface area contributed by atoms with Crippen molar-refractivity contribution in [2.24, 2.45) is 11.7 Å². The summed E-state index contributed by atoms with van der Waals surface area (Å²) < 4.78 is 38.4. The average Bonchev–Trinajstić information content (AvgIpc) is 2.46. The van der Waals surface area contributed by atoms with Crippen LogP contribution in [-0.4, -0.2) is 24.6 Å². The lowest BCUT2D eigenvalue weighted by atomic mass is 9.94. The molecule has 7 heteroatoms. The third kappa shape index (κ3) is 3.64. The second-order valence-electron chi connectivity index (χ2n) is 5.21. The van der Waals surface area contributed by atoms with E-state index in [4.69, 9.17) is 11.0 Å². The topological polar surface area (TPSA) is 65.9 Å². The lowest BCUT2D eigenvalue weighted by Gasteiger charge is -2.34. The molecule has 0 radical (unpaired) electrons. The van der Waals surface area contributed by atoms with E-state index in [-0.39, 0.29) is 11.4 Å². The molecule has 1 saturated heterocycles. The van der Waals surface area contributed by atoms with Crippen LogP contribution in [0.15, 0.2) is 12.1 Å². The van der Waals surface area contributed by atoms with Gasteiger partial charge in [-0.05, 0) is 43.9 Å². The molecule has 2 rings (SSSR count). The Labute approximate surface area is 121 Å². The van der Waals surface area contributed by atoms with Gasteiger partial charge in [-0.25, -0.2) is 4.98 Å². The lowest BCUT2D eigenvalue weighted by Crippen LogP contribution is -2.37. The predicted molar refractivity (Wildman–Crippen MR) is 72.6 cm³/mol. The number of hydrogen-bond acceptors (Lipinski definition) is 4. The molecule has 0 amide bonds. The number of hydrogen-bond donors (Lipinski definition) is 1. The SMILES string of the molecule is N#Cc1ccc(C(F)(F)F)nc1N1CCCC(CCN)C1. The summed E-state index contributed by atoms with van der Waals surface area (Å²) in [6, 6.07) is 3.96. The molecule has 0 spiro atoms. The van der Waals surface area contributed by atoms with E-state index in [1.807, 2.05) is 6.07 Å². The molecule has 1 atom stereocenters. The fourth-order valence-electron chi connectivity index (χ4n) is 2.66. The zero-order valence-corrected chi connectivity index (χ0v) is 11.5. The summed E-state index contributed by atoms with van der Waals surface area (Å²) in [5.41, 5.74) is 4.76. The quantitative estimate of drug-likeness (QED) is 0.931. The number of pyridine rings is 1. The van der Waals surface area contributed by atoms with Crippen molar-refractivity contribution in [3.63, 3.8) is 0 Å². The van der Waals surface area contributed by atoms with Gasteiger partial charge in [0.2, 0.25) is 0 Å². The van der Waals surface area contributed by atoms with Gasteiger partial charge >= 0.3 is 6.18 Å². The Morgan fingerprint density at radius 3 is 2.81 bits per heavy atom. The van der Waals surface area contributed by atoms with Gasteiger partial charge in [-0.15, -0.1) is 0 Å². The third-order valence-corrected chi connectivity index (χ3v) is 3.68. The number of piperidine rings is 1. The maximum absolute atomic E-state index is 12.8. The number of nitrogens with zero attached hydrogens (tertiary/aromatic N) is 3. The molecule has 1 aliphatic heterocycles. The van der Waals surface area contributed by atoms with Gasteiger partial charge in [0.15, 0.2) is 0 Å². The molecule has 21 heavy (non-hydrogen) atoms. The molecule has 1 aliphatic rings. The number of anilines is 1. The molecule has 0 aliphatic carbocycles. The van der Waals surface area contributed by atoms with E-state index in [9.17, 15) is 13.2 Å². The van der Waals surface area contributed by atoms with E-state index in [0.29, 0.717) is 25.6 Å². The van der Waals surface area contributed by atoms with Gasteiger partial charge in [0.05, 0.1) is 5.56 Å². The van der Waals surface area contributed by atoms with Crippen molar-refractivity contribution in [2.75, 3.05) is 24.5 Å². The zero-order chi connectivity index (χ0) is 15.5. The largest absolute Gasteiger partial charge is 0.433 e. The average molecular weight is 298 g/mol. The van der Waals surface area contributed by atoms with Crippen molar-refractivity contribution in [1.82, 2.24) is 4.98 Å². The molecule has 1 aromatic rings. The highest BCUT2D eigenvalue weighted by atomic mass is 19.4. The van der Waals surface area contributed by atoms with E-state index in [2.05, 4.69) is 4.98 Å². The van der Waals surface area contributed by atoms with Crippen LogP contribution in [-0.2, 0) is 6.18 Å². The van der Waals surface area contributed by atoms with Crippen molar-refractivity contribution in [3.05, 3.63) is 23.4 Å². The lowest BCUT2D eigenvalue weighted by molar-refractivity contribution is -0.141. The number of alkyl halides is 3. The first-order valence-corrected chi connectivity index (χ1v) is 6.89. The predicted octanol–water partition coefficient (Wildman–Crippen LogP) is 2.54. The second-order valence-corrected chi connectivity index (χ2v) is 5.21. The molecule has 2 N–H and O–H groups in total. The molecule has 4 nitrogen and oxygen atoms in total. The standard InChI is InChI=1S/C14H17F3N4/c15-14(16,17)12-4-3-11(8-19)13(20-12)21-7-1-2-10(9-21)5-6-18/h3-4,10H,1-2,5-7,9,18H2. The fraction of sp³-hybridized carbons (Fsp3) is 0.571. The van der Waals surface area contributed by atoms with Crippen LogP contribution < -0.4 is 10.6 Å². The molecular weight excluding hydrogens is 281 g/mol. The normalized spacial score (nSPS) is 19.4. The van der Waals surface area contributed by atoms with Crippen LogP contribution in [0.4, 0.5) is 19.0 Å². The highest BCUT2D eigenvalue weighted by Gasteiger charge is 2.34. The Bertz CT molecular complexity index is 534. The van der Waals surface area contributed by atoms with Gasteiger partial charge < -0.3 is 10.6 Å². The minimum Gasteiger partial charge on any atom is -0.355 e. The van der Waals surface area contributed by atoms with E-state index in [1.165, 1.54) is 6.07 Å². The molecule has 0 aromatic carbocycles. The molecule has 114 valence electrons. The van der Waals surface area contributed by atoms with E-state index in [0.717, 1.165) is 25.3 Å².